The fraction of sp³-hybridized carbons (Fsp3) is 0.100. The number of nitrogen functional groups attached to an aromatic ring is 1. The van der Waals surface area contributed by atoms with Crippen LogP contribution in [0.4, 0.5) is 14.5 Å². The molecule has 3 rings (SSSR count). The van der Waals surface area contributed by atoms with E-state index in [0.29, 0.717) is 38.8 Å². The minimum Gasteiger partial charge on any atom is -0.507 e. The SMILES string of the molecule is Nc1cc(Cl)c(Cc2ccc(O)c(-c3cccc(OC(F)F)c3)c2)c(Cl)c1. The second-order valence-corrected chi connectivity index (χ2v) is 6.71. The first kappa shape index (κ1) is 19.3. The summed E-state index contributed by atoms with van der Waals surface area (Å²) in [5, 5.41) is 11.1. The van der Waals surface area contributed by atoms with Crippen LogP contribution in [-0.2, 0) is 6.42 Å². The van der Waals surface area contributed by atoms with E-state index in [9.17, 15) is 13.9 Å². The molecule has 0 aliphatic rings. The number of phenolic OH excluding ortho intramolecular Hbond substituents is 1. The van der Waals surface area contributed by atoms with Crippen LogP contribution >= 0.6 is 23.2 Å². The third-order valence-electron chi connectivity index (χ3n) is 3.98. The molecule has 0 aliphatic heterocycles. The highest BCUT2D eigenvalue weighted by atomic mass is 35.5. The third kappa shape index (κ3) is 4.62. The van der Waals surface area contributed by atoms with Crippen molar-refractivity contribution in [2.75, 3.05) is 5.73 Å². The number of hydrogen-bond donors (Lipinski definition) is 2. The first-order valence-electron chi connectivity index (χ1n) is 7.94. The van der Waals surface area contributed by atoms with E-state index >= 15 is 0 Å². The van der Waals surface area contributed by atoms with Crippen LogP contribution in [0.5, 0.6) is 11.5 Å². The summed E-state index contributed by atoms with van der Waals surface area (Å²) in [6.07, 6.45) is 0.415. The molecule has 140 valence electrons. The number of halogens is 4. The number of benzene rings is 3. The van der Waals surface area contributed by atoms with Crippen molar-refractivity contribution >= 4 is 28.9 Å². The average molecular weight is 410 g/mol. The van der Waals surface area contributed by atoms with Crippen LogP contribution in [0, 0.1) is 0 Å². The molecular weight excluding hydrogens is 395 g/mol. The number of phenols is 1. The fourth-order valence-electron chi connectivity index (χ4n) is 2.76. The molecular formula is C20H15Cl2F2NO2. The van der Waals surface area contributed by atoms with Gasteiger partial charge < -0.3 is 15.6 Å². The molecule has 0 radical (unpaired) electrons. The van der Waals surface area contributed by atoms with E-state index in [1.165, 1.54) is 18.2 Å². The van der Waals surface area contributed by atoms with Gasteiger partial charge in [-0.3, -0.25) is 0 Å². The van der Waals surface area contributed by atoms with Crippen molar-refractivity contribution in [3.8, 4) is 22.6 Å². The molecule has 0 amide bonds. The number of hydrogen-bond acceptors (Lipinski definition) is 3. The number of nitrogens with two attached hydrogens (primary N) is 1. The normalized spacial score (nSPS) is 11.0. The first-order chi connectivity index (χ1) is 12.8. The molecule has 0 aliphatic carbocycles. The van der Waals surface area contributed by atoms with Crippen molar-refractivity contribution in [1.29, 1.82) is 0 Å². The van der Waals surface area contributed by atoms with Gasteiger partial charge in [0.15, 0.2) is 0 Å². The van der Waals surface area contributed by atoms with E-state index in [4.69, 9.17) is 28.9 Å². The van der Waals surface area contributed by atoms with Crippen LogP contribution in [-0.4, -0.2) is 11.7 Å². The Balaban J connectivity index is 1.96. The largest absolute Gasteiger partial charge is 0.507 e. The highest BCUT2D eigenvalue weighted by Gasteiger charge is 2.12. The van der Waals surface area contributed by atoms with Gasteiger partial charge in [-0.05, 0) is 53.1 Å². The van der Waals surface area contributed by atoms with Crippen molar-refractivity contribution in [1.82, 2.24) is 0 Å². The number of aromatic hydroxyl groups is 1. The van der Waals surface area contributed by atoms with E-state index in [0.717, 1.165) is 5.56 Å². The molecule has 0 atom stereocenters. The quantitative estimate of drug-likeness (QED) is 0.497. The molecule has 0 bridgehead atoms. The van der Waals surface area contributed by atoms with Crippen LogP contribution in [0.3, 0.4) is 0 Å². The van der Waals surface area contributed by atoms with Crippen molar-refractivity contribution < 1.29 is 18.6 Å². The number of ether oxygens (including phenoxy) is 1. The van der Waals surface area contributed by atoms with Gasteiger partial charge in [0.1, 0.15) is 11.5 Å². The van der Waals surface area contributed by atoms with E-state index in [1.54, 1.807) is 36.4 Å². The van der Waals surface area contributed by atoms with Crippen LogP contribution < -0.4 is 10.5 Å². The molecule has 7 heteroatoms. The summed E-state index contributed by atoms with van der Waals surface area (Å²) < 4.78 is 29.3. The van der Waals surface area contributed by atoms with Gasteiger partial charge >= 0.3 is 6.61 Å². The molecule has 3 aromatic carbocycles. The van der Waals surface area contributed by atoms with Gasteiger partial charge in [0, 0.05) is 27.7 Å². The molecule has 0 saturated carbocycles. The van der Waals surface area contributed by atoms with Crippen LogP contribution in [0.1, 0.15) is 11.1 Å². The van der Waals surface area contributed by atoms with Gasteiger partial charge in [-0.15, -0.1) is 0 Å². The lowest BCUT2D eigenvalue weighted by atomic mass is 9.98. The van der Waals surface area contributed by atoms with Gasteiger partial charge in [-0.2, -0.15) is 8.78 Å². The number of rotatable bonds is 5. The Morgan fingerprint density at radius 2 is 1.70 bits per heavy atom. The van der Waals surface area contributed by atoms with E-state index < -0.39 is 6.61 Å². The van der Waals surface area contributed by atoms with Gasteiger partial charge in [-0.25, -0.2) is 0 Å². The molecule has 27 heavy (non-hydrogen) atoms. The predicted octanol–water partition coefficient (Wildman–Crippen LogP) is 6.14. The predicted molar refractivity (Wildman–Crippen MR) is 104 cm³/mol. The fourth-order valence-corrected chi connectivity index (χ4v) is 3.40. The molecule has 3 nitrogen and oxygen atoms in total. The minimum atomic E-state index is -2.92. The van der Waals surface area contributed by atoms with Crippen LogP contribution in [0.15, 0.2) is 54.6 Å². The van der Waals surface area contributed by atoms with Crippen molar-refractivity contribution in [3.63, 3.8) is 0 Å². The van der Waals surface area contributed by atoms with Gasteiger partial charge in [-0.1, -0.05) is 41.4 Å². The van der Waals surface area contributed by atoms with Gasteiger partial charge in [0.05, 0.1) is 0 Å². The Kier molecular flexibility index (Phi) is 5.73. The maximum absolute atomic E-state index is 12.4. The second kappa shape index (κ2) is 8.03. The van der Waals surface area contributed by atoms with E-state index in [1.807, 2.05) is 0 Å². The second-order valence-electron chi connectivity index (χ2n) is 5.90. The highest BCUT2D eigenvalue weighted by Crippen LogP contribution is 2.35. The Morgan fingerprint density at radius 3 is 2.37 bits per heavy atom. The van der Waals surface area contributed by atoms with Gasteiger partial charge in [0.2, 0.25) is 0 Å². The van der Waals surface area contributed by atoms with E-state index in [-0.39, 0.29) is 11.5 Å². The zero-order valence-corrected chi connectivity index (χ0v) is 15.4. The topological polar surface area (TPSA) is 55.5 Å². The summed E-state index contributed by atoms with van der Waals surface area (Å²) in [5.74, 6) is 0.0272. The molecule has 0 fully saturated rings. The van der Waals surface area contributed by atoms with Crippen molar-refractivity contribution in [2.24, 2.45) is 0 Å². The Bertz CT molecular complexity index is 957. The summed E-state index contributed by atoms with van der Waals surface area (Å²) in [6.45, 7) is -2.92. The Morgan fingerprint density at radius 1 is 1.00 bits per heavy atom. The van der Waals surface area contributed by atoms with Crippen molar-refractivity contribution in [2.45, 2.75) is 13.0 Å². The van der Waals surface area contributed by atoms with E-state index in [2.05, 4.69) is 4.74 Å². The van der Waals surface area contributed by atoms with Crippen LogP contribution in [0.2, 0.25) is 10.0 Å². The lowest BCUT2D eigenvalue weighted by molar-refractivity contribution is -0.0498. The highest BCUT2D eigenvalue weighted by molar-refractivity contribution is 6.36. The Labute approximate surface area is 164 Å². The number of alkyl halides is 2. The summed E-state index contributed by atoms with van der Waals surface area (Å²) in [6, 6.07) is 14.4. The molecule has 3 N–H and O–H groups in total. The first-order valence-corrected chi connectivity index (χ1v) is 8.69. The van der Waals surface area contributed by atoms with Gasteiger partial charge in [0.25, 0.3) is 0 Å². The Hall–Kier alpha value is -2.50. The molecule has 0 spiro atoms. The summed E-state index contributed by atoms with van der Waals surface area (Å²) in [4.78, 5) is 0. The third-order valence-corrected chi connectivity index (χ3v) is 4.65. The molecule has 3 aromatic rings. The maximum Gasteiger partial charge on any atom is 0.387 e. The molecule has 0 heterocycles. The summed E-state index contributed by atoms with van der Waals surface area (Å²) in [5.41, 5.74) is 8.75. The number of anilines is 1. The zero-order valence-electron chi connectivity index (χ0n) is 13.9. The van der Waals surface area contributed by atoms with Crippen LogP contribution in [0.25, 0.3) is 11.1 Å². The minimum absolute atomic E-state index is 0.0110. The zero-order chi connectivity index (χ0) is 19.6. The standard InChI is InChI=1S/C20H15Cl2F2NO2/c21-17-9-13(25)10-18(22)16(17)7-11-4-5-19(26)15(6-11)12-2-1-3-14(8-12)27-20(23)24/h1-6,8-10,20,26H,7,25H2. The summed E-state index contributed by atoms with van der Waals surface area (Å²) >= 11 is 12.5. The molecule has 0 unspecified atom stereocenters. The summed E-state index contributed by atoms with van der Waals surface area (Å²) in [7, 11) is 0. The average Bonchev–Trinajstić information content (AvgIpc) is 2.59. The smallest absolute Gasteiger partial charge is 0.387 e. The lowest BCUT2D eigenvalue weighted by Crippen LogP contribution is -2.01. The van der Waals surface area contributed by atoms with Crippen molar-refractivity contribution in [3.05, 3.63) is 75.8 Å². The monoisotopic (exact) mass is 409 g/mol. The molecule has 0 saturated heterocycles. The molecule has 0 aromatic heterocycles. The maximum atomic E-state index is 12.4. The lowest BCUT2D eigenvalue weighted by Gasteiger charge is -2.12.